The number of ether oxygens (including phenoxy) is 1. The first-order valence-corrected chi connectivity index (χ1v) is 8.60. The van der Waals surface area contributed by atoms with Crippen molar-refractivity contribution in [1.29, 1.82) is 0 Å². The van der Waals surface area contributed by atoms with Gasteiger partial charge in [-0.15, -0.1) is 0 Å². The smallest absolute Gasteiger partial charge is 0.331 e. The van der Waals surface area contributed by atoms with Gasteiger partial charge in [-0.25, -0.2) is 4.79 Å². The molecular weight excluding hydrogens is 374 g/mol. The molecule has 0 saturated carbocycles. The molecule has 2 rings (SSSR count). The van der Waals surface area contributed by atoms with E-state index in [-0.39, 0.29) is 11.2 Å². The van der Waals surface area contributed by atoms with Crippen molar-refractivity contribution in [2.24, 2.45) is 0 Å². The van der Waals surface area contributed by atoms with Gasteiger partial charge >= 0.3 is 5.69 Å². The molecule has 130 valence electrons. The number of aromatic nitrogens is 2. The highest BCUT2D eigenvalue weighted by atomic mass is 79.9. The zero-order valence-electron chi connectivity index (χ0n) is 14.4. The number of benzene rings is 1. The average Bonchev–Trinajstić information content (AvgIpc) is 2.57. The van der Waals surface area contributed by atoms with Crippen molar-refractivity contribution in [2.45, 2.75) is 33.5 Å². The number of hydrogen-bond acceptors (Lipinski definition) is 4. The van der Waals surface area contributed by atoms with E-state index in [9.17, 15) is 9.59 Å². The largest absolute Gasteiger partial charge is 0.497 e. The fourth-order valence-corrected chi connectivity index (χ4v) is 2.92. The van der Waals surface area contributed by atoms with Crippen molar-refractivity contribution in [3.8, 4) is 5.75 Å². The lowest BCUT2D eigenvalue weighted by molar-refractivity contribution is 0.414. The van der Waals surface area contributed by atoms with E-state index in [1.165, 1.54) is 4.57 Å². The van der Waals surface area contributed by atoms with Gasteiger partial charge in [0.25, 0.3) is 5.56 Å². The number of halogens is 1. The lowest BCUT2D eigenvalue weighted by atomic mass is 10.2. The highest BCUT2D eigenvalue weighted by Gasteiger charge is 2.14. The monoisotopic (exact) mass is 395 g/mol. The molecule has 0 atom stereocenters. The van der Waals surface area contributed by atoms with Gasteiger partial charge in [0, 0.05) is 37.4 Å². The molecule has 0 aliphatic heterocycles. The standard InChI is InChI=1S/C17H22BrN3O3/c1-5-20-11-15(16(22)21(6-2)17(20)23)19(3)10-12-9-13(24-4)7-8-14(12)18/h7-9,11H,5-6,10H2,1-4H3. The van der Waals surface area contributed by atoms with E-state index in [2.05, 4.69) is 15.9 Å². The molecule has 0 saturated heterocycles. The highest BCUT2D eigenvalue weighted by Crippen LogP contribution is 2.24. The summed E-state index contributed by atoms with van der Waals surface area (Å²) >= 11 is 3.53. The Kier molecular flexibility index (Phi) is 5.88. The summed E-state index contributed by atoms with van der Waals surface area (Å²) in [7, 11) is 3.46. The molecule has 6 nitrogen and oxygen atoms in total. The third kappa shape index (κ3) is 3.56. The molecule has 7 heteroatoms. The molecule has 2 aromatic rings. The molecule has 0 unspecified atom stereocenters. The van der Waals surface area contributed by atoms with Crippen LogP contribution >= 0.6 is 15.9 Å². The Morgan fingerprint density at radius 2 is 1.92 bits per heavy atom. The Balaban J connectivity index is 2.45. The quantitative estimate of drug-likeness (QED) is 0.753. The van der Waals surface area contributed by atoms with E-state index in [0.29, 0.717) is 25.3 Å². The minimum atomic E-state index is -0.273. The van der Waals surface area contributed by atoms with Gasteiger partial charge in [-0.2, -0.15) is 0 Å². The second-order valence-corrected chi connectivity index (χ2v) is 6.30. The molecule has 0 aliphatic rings. The number of rotatable bonds is 6. The van der Waals surface area contributed by atoms with Crippen molar-refractivity contribution >= 4 is 21.6 Å². The molecule has 0 bridgehead atoms. The molecule has 0 spiro atoms. The lowest BCUT2D eigenvalue weighted by Gasteiger charge is -2.21. The Morgan fingerprint density at radius 1 is 1.21 bits per heavy atom. The van der Waals surface area contributed by atoms with E-state index in [4.69, 9.17) is 4.74 Å². The highest BCUT2D eigenvalue weighted by molar-refractivity contribution is 9.10. The summed E-state index contributed by atoms with van der Waals surface area (Å²) in [6, 6.07) is 5.71. The van der Waals surface area contributed by atoms with Crippen LogP contribution in [0.25, 0.3) is 0 Å². The molecule has 0 amide bonds. The summed E-state index contributed by atoms with van der Waals surface area (Å²) in [4.78, 5) is 26.7. The summed E-state index contributed by atoms with van der Waals surface area (Å²) in [5.41, 5.74) is 0.944. The molecular formula is C17H22BrN3O3. The van der Waals surface area contributed by atoms with Crippen LogP contribution in [0.15, 0.2) is 38.5 Å². The van der Waals surface area contributed by atoms with Gasteiger partial charge in [0.1, 0.15) is 11.4 Å². The first-order chi connectivity index (χ1) is 11.4. The van der Waals surface area contributed by atoms with E-state index >= 15 is 0 Å². The molecule has 1 heterocycles. The Bertz CT molecular complexity index is 842. The maximum atomic E-state index is 12.6. The van der Waals surface area contributed by atoms with Crippen LogP contribution in [0.2, 0.25) is 0 Å². The maximum absolute atomic E-state index is 12.6. The van der Waals surface area contributed by atoms with E-state index in [0.717, 1.165) is 15.8 Å². The lowest BCUT2D eigenvalue weighted by Crippen LogP contribution is -2.41. The number of methoxy groups -OCH3 is 1. The third-order valence-corrected chi connectivity index (χ3v) is 4.72. The van der Waals surface area contributed by atoms with Crippen LogP contribution in [0.5, 0.6) is 5.75 Å². The number of hydrogen-bond donors (Lipinski definition) is 0. The van der Waals surface area contributed by atoms with Crippen LogP contribution in [0.1, 0.15) is 19.4 Å². The van der Waals surface area contributed by atoms with Crippen LogP contribution in [-0.4, -0.2) is 23.3 Å². The molecule has 0 fully saturated rings. The van der Waals surface area contributed by atoms with E-state index in [1.54, 1.807) is 24.8 Å². The predicted octanol–water partition coefficient (Wildman–Crippen LogP) is 2.46. The van der Waals surface area contributed by atoms with Crippen LogP contribution in [-0.2, 0) is 19.6 Å². The number of aryl methyl sites for hydroxylation is 1. The van der Waals surface area contributed by atoms with Gasteiger partial charge in [-0.05, 0) is 37.6 Å². The van der Waals surface area contributed by atoms with Gasteiger partial charge in [-0.3, -0.25) is 13.9 Å². The van der Waals surface area contributed by atoms with Gasteiger partial charge < -0.3 is 9.64 Å². The van der Waals surface area contributed by atoms with Crippen molar-refractivity contribution < 1.29 is 4.74 Å². The normalized spacial score (nSPS) is 10.7. The van der Waals surface area contributed by atoms with Gasteiger partial charge in [0.05, 0.1) is 7.11 Å². The summed E-state index contributed by atoms with van der Waals surface area (Å²) in [6.07, 6.45) is 1.63. The Hall–Kier alpha value is -2.02. The second kappa shape index (κ2) is 7.70. The van der Waals surface area contributed by atoms with Gasteiger partial charge in [-0.1, -0.05) is 15.9 Å². The van der Waals surface area contributed by atoms with Crippen molar-refractivity contribution in [3.63, 3.8) is 0 Å². The number of anilines is 1. The summed E-state index contributed by atoms with van der Waals surface area (Å²) in [6.45, 7) is 5.06. The zero-order valence-corrected chi connectivity index (χ0v) is 16.0. The maximum Gasteiger partial charge on any atom is 0.331 e. The first kappa shape index (κ1) is 18.3. The molecule has 24 heavy (non-hydrogen) atoms. The molecule has 1 aromatic heterocycles. The van der Waals surface area contributed by atoms with Gasteiger partial charge in [0.15, 0.2) is 0 Å². The molecule has 1 aromatic carbocycles. The predicted molar refractivity (Wildman–Crippen MR) is 99.1 cm³/mol. The SMILES string of the molecule is CCn1cc(N(C)Cc2cc(OC)ccc2Br)c(=O)n(CC)c1=O. The zero-order chi connectivity index (χ0) is 17.9. The van der Waals surface area contributed by atoms with Crippen LogP contribution in [0.3, 0.4) is 0 Å². The minimum absolute atomic E-state index is 0.270. The van der Waals surface area contributed by atoms with Crippen LogP contribution in [0, 0.1) is 0 Å². The van der Waals surface area contributed by atoms with Crippen LogP contribution < -0.4 is 20.9 Å². The fraction of sp³-hybridized carbons (Fsp3) is 0.412. The van der Waals surface area contributed by atoms with E-state index in [1.807, 2.05) is 37.1 Å². The average molecular weight is 396 g/mol. The molecule has 0 N–H and O–H groups in total. The minimum Gasteiger partial charge on any atom is -0.497 e. The summed E-state index contributed by atoms with van der Waals surface area (Å²) < 4.78 is 9.01. The van der Waals surface area contributed by atoms with Crippen LogP contribution in [0.4, 0.5) is 5.69 Å². The first-order valence-electron chi connectivity index (χ1n) is 7.80. The fourth-order valence-electron chi connectivity index (χ4n) is 2.55. The Morgan fingerprint density at radius 3 is 2.50 bits per heavy atom. The topological polar surface area (TPSA) is 56.5 Å². The van der Waals surface area contributed by atoms with Crippen molar-refractivity contribution in [1.82, 2.24) is 9.13 Å². The summed E-state index contributed by atoms with van der Waals surface area (Å²) in [5, 5.41) is 0. The molecule has 0 aliphatic carbocycles. The van der Waals surface area contributed by atoms with Crippen molar-refractivity contribution in [3.05, 3.63) is 55.3 Å². The van der Waals surface area contributed by atoms with E-state index < -0.39 is 0 Å². The molecule has 0 radical (unpaired) electrons. The van der Waals surface area contributed by atoms with Gasteiger partial charge in [0.2, 0.25) is 0 Å². The summed E-state index contributed by atoms with van der Waals surface area (Å²) in [5.74, 6) is 0.756. The Labute approximate surface area is 149 Å². The third-order valence-electron chi connectivity index (χ3n) is 3.95. The second-order valence-electron chi connectivity index (χ2n) is 5.45. The van der Waals surface area contributed by atoms with Crippen molar-refractivity contribution in [2.75, 3.05) is 19.1 Å². The number of nitrogens with zero attached hydrogens (tertiary/aromatic N) is 3.